The van der Waals surface area contributed by atoms with Gasteiger partial charge in [-0.2, -0.15) is 0 Å². The summed E-state index contributed by atoms with van der Waals surface area (Å²) in [6.07, 6.45) is 6.55. The van der Waals surface area contributed by atoms with Gasteiger partial charge in [0.1, 0.15) is 6.33 Å². The van der Waals surface area contributed by atoms with Crippen molar-refractivity contribution in [1.82, 2.24) is 14.8 Å². The Morgan fingerprint density at radius 2 is 2.36 bits per heavy atom. The number of aromatic nitrogens is 3. The number of nitrogens with zero attached hydrogens (tertiary/aromatic N) is 3. The largest absolute Gasteiger partial charge is 0.311 e. The molecule has 0 unspecified atom stereocenters. The van der Waals surface area contributed by atoms with E-state index < -0.39 is 0 Å². The standard InChI is InChI=1S/C11H17N3/c1-5-7-10(6-2)11-13-12-8-14(11)9(3)4/h5-6,8-9H,1,7H2,2-4H3/b10-6-. The monoisotopic (exact) mass is 191 g/mol. The summed E-state index contributed by atoms with van der Waals surface area (Å²) in [4.78, 5) is 0. The maximum absolute atomic E-state index is 4.12. The maximum atomic E-state index is 4.12. The Kier molecular flexibility index (Phi) is 3.63. The second kappa shape index (κ2) is 4.74. The molecule has 1 aromatic heterocycles. The molecule has 1 heterocycles. The van der Waals surface area contributed by atoms with E-state index in [9.17, 15) is 0 Å². The fraction of sp³-hybridized carbons (Fsp3) is 0.455. The number of allylic oxidation sites excluding steroid dienone is 3. The molecular weight excluding hydrogens is 174 g/mol. The van der Waals surface area contributed by atoms with Gasteiger partial charge >= 0.3 is 0 Å². The van der Waals surface area contributed by atoms with Gasteiger partial charge in [0.25, 0.3) is 0 Å². The topological polar surface area (TPSA) is 30.7 Å². The average molecular weight is 191 g/mol. The lowest BCUT2D eigenvalue weighted by Gasteiger charge is -2.11. The quantitative estimate of drug-likeness (QED) is 0.685. The second-order valence-corrected chi connectivity index (χ2v) is 3.46. The molecule has 0 bridgehead atoms. The molecule has 0 atom stereocenters. The third kappa shape index (κ3) is 2.10. The molecule has 0 radical (unpaired) electrons. The van der Waals surface area contributed by atoms with Crippen LogP contribution in [-0.4, -0.2) is 14.8 Å². The summed E-state index contributed by atoms with van der Waals surface area (Å²) in [6.45, 7) is 9.98. The van der Waals surface area contributed by atoms with Gasteiger partial charge in [0, 0.05) is 6.04 Å². The lowest BCUT2D eigenvalue weighted by Crippen LogP contribution is -2.04. The van der Waals surface area contributed by atoms with Crippen LogP contribution >= 0.6 is 0 Å². The minimum Gasteiger partial charge on any atom is -0.311 e. The van der Waals surface area contributed by atoms with Crippen LogP contribution in [0.25, 0.3) is 5.57 Å². The SMILES string of the molecule is C=CC/C(=C/C)c1nncn1C(C)C. The van der Waals surface area contributed by atoms with Gasteiger partial charge in [0.2, 0.25) is 0 Å². The van der Waals surface area contributed by atoms with Crippen molar-refractivity contribution in [2.24, 2.45) is 0 Å². The maximum Gasteiger partial charge on any atom is 0.159 e. The van der Waals surface area contributed by atoms with E-state index in [2.05, 4.69) is 41.3 Å². The molecule has 1 aromatic rings. The van der Waals surface area contributed by atoms with Crippen LogP contribution in [-0.2, 0) is 0 Å². The Morgan fingerprint density at radius 1 is 1.64 bits per heavy atom. The summed E-state index contributed by atoms with van der Waals surface area (Å²) in [5, 5.41) is 8.06. The molecule has 0 saturated carbocycles. The summed E-state index contributed by atoms with van der Waals surface area (Å²) in [6, 6.07) is 0.389. The van der Waals surface area contributed by atoms with E-state index in [-0.39, 0.29) is 0 Å². The highest BCUT2D eigenvalue weighted by Gasteiger charge is 2.09. The highest BCUT2D eigenvalue weighted by Crippen LogP contribution is 2.18. The first-order valence-electron chi connectivity index (χ1n) is 4.86. The van der Waals surface area contributed by atoms with Gasteiger partial charge < -0.3 is 4.57 Å². The number of hydrogen-bond donors (Lipinski definition) is 0. The highest BCUT2D eigenvalue weighted by molar-refractivity contribution is 5.60. The van der Waals surface area contributed by atoms with Crippen molar-refractivity contribution in [3.63, 3.8) is 0 Å². The smallest absolute Gasteiger partial charge is 0.159 e. The summed E-state index contributed by atoms with van der Waals surface area (Å²) in [5.74, 6) is 0.947. The van der Waals surface area contributed by atoms with Crippen LogP contribution in [0.5, 0.6) is 0 Å². The summed E-state index contributed by atoms with van der Waals surface area (Å²) in [7, 11) is 0. The Bertz CT molecular complexity index is 334. The van der Waals surface area contributed by atoms with Crippen LogP contribution in [0.2, 0.25) is 0 Å². The van der Waals surface area contributed by atoms with Crippen LogP contribution in [0.3, 0.4) is 0 Å². The molecule has 0 N–H and O–H groups in total. The predicted molar refractivity (Wildman–Crippen MR) is 58.9 cm³/mol. The second-order valence-electron chi connectivity index (χ2n) is 3.46. The van der Waals surface area contributed by atoms with Crippen LogP contribution in [0, 0.1) is 0 Å². The summed E-state index contributed by atoms with van der Waals surface area (Å²) < 4.78 is 2.07. The Labute approximate surface area is 85.2 Å². The molecular formula is C11H17N3. The van der Waals surface area contributed by atoms with Gasteiger partial charge in [-0.25, -0.2) is 0 Å². The van der Waals surface area contributed by atoms with E-state index in [4.69, 9.17) is 0 Å². The molecule has 0 aliphatic rings. The normalized spacial score (nSPS) is 12.1. The molecule has 76 valence electrons. The van der Waals surface area contributed by atoms with Gasteiger partial charge in [-0.1, -0.05) is 12.2 Å². The lowest BCUT2D eigenvalue weighted by molar-refractivity contribution is 0.590. The molecule has 0 aromatic carbocycles. The van der Waals surface area contributed by atoms with Crippen molar-refractivity contribution in [3.05, 3.63) is 30.9 Å². The first-order chi connectivity index (χ1) is 6.70. The van der Waals surface area contributed by atoms with Crippen molar-refractivity contribution in [1.29, 1.82) is 0 Å². The Hall–Kier alpha value is -1.38. The zero-order valence-electron chi connectivity index (χ0n) is 9.07. The zero-order chi connectivity index (χ0) is 10.6. The molecule has 0 amide bonds. The molecule has 3 heteroatoms. The van der Waals surface area contributed by atoms with Gasteiger partial charge in [-0.3, -0.25) is 0 Å². The average Bonchev–Trinajstić information content (AvgIpc) is 2.62. The molecule has 14 heavy (non-hydrogen) atoms. The molecule has 3 nitrogen and oxygen atoms in total. The van der Waals surface area contributed by atoms with E-state index >= 15 is 0 Å². The summed E-state index contributed by atoms with van der Waals surface area (Å²) >= 11 is 0. The fourth-order valence-electron chi connectivity index (χ4n) is 1.34. The summed E-state index contributed by atoms with van der Waals surface area (Å²) in [5.41, 5.74) is 1.17. The Balaban J connectivity index is 3.04. The van der Waals surface area contributed by atoms with Crippen LogP contribution in [0.4, 0.5) is 0 Å². The van der Waals surface area contributed by atoms with Crippen LogP contribution in [0.15, 0.2) is 25.1 Å². The van der Waals surface area contributed by atoms with Gasteiger partial charge in [0.05, 0.1) is 0 Å². The number of hydrogen-bond acceptors (Lipinski definition) is 2. The van der Waals surface area contributed by atoms with E-state index in [0.29, 0.717) is 6.04 Å². The Morgan fingerprint density at radius 3 is 2.86 bits per heavy atom. The van der Waals surface area contributed by atoms with E-state index in [1.807, 2.05) is 13.0 Å². The molecule has 0 aliphatic carbocycles. The predicted octanol–water partition coefficient (Wildman–Crippen LogP) is 2.84. The molecule has 0 aliphatic heterocycles. The van der Waals surface area contributed by atoms with E-state index in [1.165, 1.54) is 5.57 Å². The number of rotatable bonds is 4. The minimum absolute atomic E-state index is 0.389. The third-order valence-electron chi connectivity index (χ3n) is 2.13. The van der Waals surface area contributed by atoms with Crippen molar-refractivity contribution in [2.75, 3.05) is 0 Å². The van der Waals surface area contributed by atoms with Crippen molar-refractivity contribution in [2.45, 2.75) is 33.2 Å². The molecule has 0 spiro atoms. The highest BCUT2D eigenvalue weighted by atomic mass is 15.3. The van der Waals surface area contributed by atoms with Crippen LogP contribution < -0.4 is 0 Å². The van der Waals surface area contributed by atoms with Gasteiger partial charge in [-0.15, -0.1) is 16.8 Å². The first kappa shape index (κ1) is 10.7. The van der Waals surface area contributed by atoms with Crippen molar-refractivity contribution < 1.29 is 0 Å². The van der Waals surface area contributed by atoms with Crippen LogP contribution in [0.1, 0.15) is 39.1 Å². The third-order valence-corrected chi connectivity index (χ3v) is 2.13. The molecule has 0 saturated heterocycles. The van der Waals surface area contributed by atoms with E-state index in [1.54, 1.807) is 6.33 Å². The van der Waals surface area contributed by atoms with Crippen molar-refractivity contribution >= 4 is 5.57 Å². The lowest BCUT2D eigenvalue weighted by atomic mass is 10.1. The fourth-order valence-corrected chi connectivity index (χ4v) is 1.34. The molecule has 1 rings (SSSR count). The molecule has 0 fully saturated rings. The minimum atomic E-state index is 0.389. The van der Waals surface area contributed by atoms with Crippen molar-refractivity contribution in [3.8, 4) is 0 Å². The zero-order valence-corrected chi connectivity index (χ0v) is 9.07. The van der Waals surface area contributed by atoms with E-state index in [0.717, 1.165) is 12.2 Å². The van der Waals surface area contributed by atoms with Gasteiger partial charge in [-0.05, 0) is 32.8 Å². The van der Waals surface area contributed by atoms with Gasteiger partial charge in [0.15, 0.2) is 5.82 Å². The first-order valence-corrected chi connectivity index (χ1v) is 4.86.